The molecule has 0 bridgehead atoms. The third kappa shape index (κ3) is 2.74. The molecule has 0 aliphatic carbocycles. The molecule has 2 nitrogen and oxygen atoms in total. The summed E-state index contributed by atoms with van der Waals surface area (Å²) >= 11 is 4.90. The van der Waals surface area contributed by atoms with Crippen LogP contribution in [0.5, 0.6) is 0 Å². The number of anilines is 1. The Hall–Kier alpha value is -1.52. The maximum absolute atomic E-state index is 12.0. The van der Waals surface area contributed by atoms with Crippen molar-refractivity contribution in [3.8, 4) is 0 Å². The highest BCUT2D eigenvalue weighted by Crippen LogP contribution is 2.38. The van der Waals surface area contributed by atoms with E-state index in [0.717, 1.165) is 20.6 Å². The normalized spacial score (nSPS) is 16.1. The first kappa shape index (κ1) is 12.5. The van der Waals surface area contributed by atoms with Crippen molar-refractivity contribution in [1.29, 1.82) is 0 Å². The van der Waals surface area contributed by atoms with Crippen LogP contribution in [0.1, 0.15) is 5.56 Å². The Morgan fingerprint density at radius 3 is 2.58 bits per heavy atom. The van der Waals surface area contributed by atoms with Crippen LogP contribution in [-0.2, 0) is 4.79 Å². The summed E-state index contributed by atoms with van der Waals surface area (Å²) in [6.07, 6.45) is 1.91. The van der Waals surface area contributed by atoms with Gasteiger partial charge in [0, 0.05) is 9.37 Å². The molecule has 0 radical (unpaired) electrons. The van der Waals surface area contributed by atoms with Gasteiger partial charge >= 0.3 is 0 Å². The van der Waals surface area contributed by atoms with Gasteiger partial charge in [-0.15, -0.1) is 0 Å². The smallest absolute Gasteiger partial charge is 0.262 e. The molecule has 0 fully saturated rings. The Morgan fingerprint density at radius 1 is 1.05 bits per heavy atom. The fraction of sp³-hybridized carbons (Fsp3) is 0. The maximum Gasteiger partial charge on any atom is 0.262 e. The van der Waals surface area contributed by atoms with Gasteiger partial charge in [-0.05, 0) is 35.9 Å². The Kier molecular flexibility index (Phi) is 3.44. The van der Waals surface area contributed by atoms with Gasteiger partial charge in [0.15, 0.2) is 0 Å². The number of carbonyl (C=O) groups is 1. The quantitative estimate of drug-likeness (QED) is 0.777. The first-order valence-electron chi connectivity index (χ1n) is 5.78. The van der Waals surface area contributed by atoms with E-state index in [1.165, 1.54) is 11.8 Å². The van der Waals surface area contributed by atoms with E-state index in [9.17, 15) is 4.79 Å². The largest absolute Gasteiger partial charge is 0.320 e. The third-order valence-electron chi connectivity index (χ3n) is 2.75. The molecule has 1 heterocycles. The predicted molar refractivity (Wildman–Crippen MR) is 83.0 cm³/mol. The third-order valence-corrected chi connectivity index (χ3v) is 4.37. The van der Waals surface area contributed by atoms with Gasteiger partial charge in [-0.25, -0.2) is 0 Å². The van der Waals surface area contributed by atoms with E-state index in [-0.39, 0.29) is 5.91 Å². The molecular formula is C15H10BrNOS. The second kappa shape index (κ2) is 5.23. The number of hydrogen-bond acceptors (Lipinski definition) is 2. The van der Waals surface area contributed by atoms with Gasteiger partial charge in [0.2, 0.25) is 0 Å². The second-order valence-electron chi connectivity index (χ2n) is 4.11. The minimum absolute atomic E-state index is 0.0494. The zero-order valence-corrected chi connectivity index (χ0v) is 12.3. The summed E-state index contributed by atoms with van der Waals surface area (Å²) in [7, 11) is 0. The Labute approximate surface area is 124 Å². The van der Waals surface area contributed by atoms with Gasteiger partial charge in [0.25, 0.3) is 5.91 Å². The zero-order chi connectivity index (χ0) is 13.2. The van der Waals surface area contributed by atoms with Crippen LogP contribution in [0.25, 0.3) is 6.08 Å². The monoisotopic (exact) mass is 331 g/mol. The molecule has 1 aliphatic rings. The van der Waals surface area contributed by atoms with Crippen molar-refractivity contribution in [3.63, 3.8) is 0 Å². The minimum Gasteiger partial charge on any atom is -0.320 e. The second-order valence-corrected chi connectivity index (χ2v) is 6.11. The number of carbonyl (C=O) groups excluding carboxylic acids is 1. The summed E-state index contributed by atoms with van der Waals surface area (Å²) in [5.41, 5.74) is 1.89. The number of rotatable bonds is 1. The molecule has 0 saturated heterocycles. The molecule has 0 aromatic heterocycles. The lowest BCUT2D eigenvalue weighted by Gasteiger charge is -2.18. The summed E-state index contributed by atoms with van der Waals surface area (Å²) in [6, 6.07) is 15.7. The first-order chi connectivity index (χ1) is 9.22. The van der Waals surface area contributed by atoms with E-state index in [0.29, 0.717) is 4.91 Å². The van der Waals surface area contributed by atoms with Crippen LogP contribution in [0.15, 0.2) is 62.8 Å². The topological polar surface area (TPSA) is 29.1 Å². The lowest BCUT2D eigenvalue weighted by molar-refractivity contribution is -0.112. The van der Waals surface area contributed by atoms with Crippen LogP contribution in [0, 0.1) is 0 Å². The molecule has 0 saturated carbocycles. The lowest BCUT2D eigenvalue weighted by Crippen LogP contribution is -2.16. The van der Waals surface area contributed by atoms with Crippen molar-refractivity contribution in [2.75, 3.05) is 5.32 Å². The van der Waals surface area contributed by atoms with Crippen molar-refractivity contribution >= 4 is 45.4 Å². The fourth-order valence-corrected chi connectivity index (χ4v) is 3.03. The zero-order valence-electron chi connectivity index (χ0n) is 9.89. The SMILES string of the molecule is O=C1Nc2ccccc2S/C1=C\c1ccc(Br)cc1. The molecule has 1 amide bonds. The summed E-state index contributed by atoms with van der Waals surface area (Å²) < 4.78 is 1.03. The van der Waals surface area contributed by atoms with Gasteiger partial charge in [0.05, 0.1) is 10.6 Å². The number of amides is 1. The van der Waals surface area contributed by atoms with Crippen LogP contribution in [0.3, 0.4) is 0 Å². The highest BCUT2D eigenvalue weighted by Gasteiger charge is 2.20. The average molecular weight is 332 g/mol. The van der Waals surface area contributed by atoms with Crippen LogP contribution in [-0.4, -0.2) is 5.91 Å². The number of hydrogen-bond donors (Lipinski definition) is 1. The van der Waals surface area contributed by atoms with Crippen molar-refractivity contribution in [2.45, 2.75) is 4.90 Å². The van der Waals surface area contributed by atoms with Gasteiger partial charge in [-0.2, -0.15) is 0 Å². The summed E-state index contributed by atoms with van der Waals surface area (Å²) in [6.45, 7) is 0. The summed E-state index contributed by atoms with van der Waals surface area (Å²) in [4.78, 5) is 13.8. The van der Waals surface area contributed by atoms with E-state index < -0.39 is 0 Å². The van der Waals surface area contributed by atoms with Crippen molar-refractivity contribution < 1.29 is 4.79 Å². The molecule has 0 spiro atoms. The van der Waals surface area contributed by atoms with Crippen LogP contribution < -0.4 is 5.32 Å². The molecule has 4 heteroatoms. The van der Waals surface area contributed by atoms with Gasteiger partial charge in [-0.3, -0.25) is 4.79 Å². The van der Waals surface area contributed by atoms with E-state index >= 15 is 0 Å². The number of fused-ring (bicyclic) bond motifs is 1. The molecule has 1 aliphatic heterocycles. The van der Waals surface area contributed by atoms with Gasteiger partial charge in [0.1, 0.15) is 0 Å². The van der Waals surface area contributed by atoms with Gasteiger partial charge in [-0.1, -0.05) is 52.0 Å². The molecule has 2 aromatic carbocycles. The molecule has 94 valence electrons. The number of para-hydroxylation sites is 1. The van der Waals surface area contributed by atoms with Crippen LogP contribution in [0.4, 0.5) is 5.69 Å². The van der Waals surface area contributed by atoms with Crippen molar-refractivity contribution in [2.24, 2.45) is 0 Å². The Balaban J connectivity index is 1.94. The summed E-state index contributed by atoms with van der Waals surface area (Å²) in [5, 5.41) is 2.90. The number of thioether (sulfide) groups is 1. The van der Waals surface area contributed by atoms with Gasteiger partial charge < -0.3 is 5.32 Å². The van der Waals surface area contributed by atoms with E-state index in [4.69, 9.17) is 0 Å². The highest BCUT2D eigenvalue weighted by molar-refractivity contribution is 9.10. The fourth-order valence-electron chi connectivity index (χ4n) is 1.81. The molecule has 3 rings (SSSR count). The predicted octanol–water partition coefficient (Wildman–Crippen LogP) is 4.53. The van der Waals surface area contributed by atoms with Crippen molar-refractivity contribution in [3.05, 3.63) is 63.5 Å². The summed E-state index contributed by atoms with van der Waals surface area (Å²) in [5.74, 6) is -0.0494. The molecule has 2 aromatic rings. The highest BCUT2D eigenvalue weighted by atomic mass is 79.9. The first-order valence-corrected chi connectivity index (χ1v) is 7.39. The standard InChI is InChI=1S/C15H10BrNOS/c16-11-7-5-10(6-8-11)9-14-15(18)17-12-3-1-2-4-13(12)19-14/h1-9H,(H,17,18)/b14-9-. The maximum atomic E-state index is 12.0. The lowest BCUT2D eigenvalue weighted by atomic mass is 10.2. The van der Waals surface area contributed by atoms with Crippen LogP contribution in [0.2, 0.25) is 0 Å². The minimum atomic E-state index is -0.0494. The molecule has 0 unspecified atom stereocenters. The molecular weight excluding hydrogens is 322 g/mol. The van der Waals surface area contributed by atoms with Crippen molar-refractivity contribution in [1.82, 2.24) is 0 Å². The number of halogens is 1. The van der Waals surface area contributed by atoms with E-state index in [1.54, 1.807) is 0 Å². The van der Waals surface area contributed by atoms with E-state index in [1.807, 2.05) is 54.6 Å². The van der Waals surface area contributed by atoms with Crippen LogP contribution >= 0.6 is 27.7 Å². The Morgan fingerprint density at radius 2 is 1.79 bits per heavy atom. The average Bonchev–Trinajstić information content (AvgIpc) is 2.42. The number of nitrogens with one attached hydrogen (secondary N) is 1. The molecule has 19 heavy (non-hydrogen) atoms. The molecule has 0 atom stereocenters. The molecule has 1 N–H and O–H groups in total. The number of benzene rings is 2. The Bertz CT molecular complexity index is 664. The van der Waals surface area contributed by atoms with E-state index in [2.05, 4.69) is 21.2 Å².